The third kappa shape index (κ3) is 2.88. The topological polar surface area (TPSA) is 71.3 Å². The van der Waals surface area contributed by atoms with Gasteiger partial charge in [0.1, 0.15) is 11.4 Å². The molecule has 19 heavy (non-hydrogen) atoms. The van der Waals surface area contributed by atoms with Gasteiger partial charge < -0.3 is 20.4 Å². The maximum atomic E-state index is 12.2. The van der Waals surface area contributed by atoms with Gasteiger partial charge in [0.2, 0.25) is 0 Å². The molecule has 2 rings (SSSR count). The molecule has 1 aromatic heterocycles. The van der Waals surface area contributed by atoms with Crippen LogP contribution in [0.2, 0.25) is 0 Å². The maximum Gasteiger partial charge on any atom is 0.270 e. The Morgan fingerprint density at radius 1 is 1.42 bits per heavy atom. The third-order valence-electron chi connectivity index (χ3n) is 2.88. The number of amides is 1. The first-order chi connectivity index (χ1) is 9.11. The average molecular weight is 259 g/mol. The van der Waals surface area contributed by atoms with Gasteiger partial charge in [-0.15, -0.1) is 0 Å². The molecule has 1 heterocycles. The number of carbonyl (C=O) groups is 1. The highest BCUT2D eigenvalue weighted by Gasteiger charge is 2.15. The summed E-state index contributed by atoms with van der Waals surface area (Å²) in [5.41, 5.74) is 7.58. The van der Waals surface area contributed by atoms with Crippen molar-refractivity contribution >= 4 is 11.6 Å². The van der Waals surface area contributed by atoms with Crippen molar-refractivity contribution in [2.45, 2.75) is 6.54 Å². The molecule has 0 spiro atoms. The van der Waals surface area contributed by atoms with E-state index in [2.05, 4.69) is 4.98 Å². The second-order valence-corrected chi connectivity index (χ2v) is 4.32. The van der Waals surface area contributed by atoms with Gasteiger partial charge in [-0.2, -0.15) is 0 Å². The molecule has 3 N–H and O–H groups in total. The Balaban J connectivity index is 2.12. The number of carbonyl (C=O) groups excluding carboxylic acids is 1. The lowest BCUT2D eigenvalue weighted by Gasteiger charge is -2.18. The van der Waals surface area contributed by atoms with E-state index < -0.39 is 0 Å². The smallest absolute Gasteiger partial charge is 0.270 e. The molecule has 0 saturated carbocycles. The molecule has 0 aliphatic rings. The molecule has 1 amide bonds. The van der Waals surface area contributed by atoms with Crippen molar-refractivity contribution in [1.29, 1.82) is 0 Å². The summed E-state index contributed by atoms with van der Waals surface area (Å²) in [6.07, 6.45) is 1.60. The van der Waals surface area contributed by atoms with Gasteiger partial charge in [-0.3, -0.25) is 4.79 Å². The summed E-state index contributed by atoms with van der Waals surface area (Å²) >= 11 is 0. The fourth-order valence-electron chi connectivity index (χ4n) is 1.90. The number of H-pyrrole nitrogens is 1. The molecular formula is C14H17N3O2. The first-order valence-electron chi connectivity index (χ1n) is 5.93. The van der Waals surface area contributed by atoms with Gasteiger partial charge in [-0.1, -0.05) is 18.2 Å². The van der Waals surface area contributed by atoms with Crippen LogP contribution in [0, 0.1) is 0 Å². The highest BCUT2D eigenvalue weighted by molar-refractivity contribution is 5.93. The lowest BCUT2D eigenvalue weighted by atomic mass is 10.2. The summed E-state index contributed by atoms with van der Waals surface area (Å²) in [5, 5.41) is 0. The van der Waals surface area contributed by atoms with Gasteiger partial charge in [-0.25, -0.2) is 0 Å². The number of nitrogens with zero attached hydrogens (tertiary/aromatic N) is 1. The molecule has 100 valence electrons. The Labute approximate surface area is 112 Å². The zero-order chi connectivity index (χ0) is 13.8. The predicted molar refractivity (Wildman–Crippen MR) is 74.0 cm³/mol. The van der Waals surface area contributed by atoms with Crippen molar-refractivity contribution in [2.24, 2.45) is 0 Å². The summed E-state index contributed by atoms with van der Waals surface area (Å²) in [5.74, 6) is 0.663. The van der Waals surface area contributed by atoms with Crippen LogP contribution in [0.5, 0.6) is 5.75 Å². The van der Waals surface area contributed by atoms with E-state index in [9.17, 15) is 4.79 Å². The number of nitrogens with one attached hydrogen (secondary N) is 1. The maximum absolute atomic E-state index is 12.2. The Morgan fingerprint density at radius 3 is 2.79 bits per heavy atom. The van der Waals surface area contributed by atoms with Gasteiger partial charge >= 0.3 is 0 Å². The number of aromatic amines is 1. The number of methoxy groups -OCH3 is 1. The van der Waals surface area contributed by atoms with Crippen LogP contribution in [-0.2, 0) is 6.54 Å². The molecule has 5 heteroatoms. The van der Waals surface area contributed by atoms with E-state index in [0.29, 0.717) is 17.9 Å². The normalized spacial score (nSPS) is 10.2. The van der Waals surface area contributed by atoms with E-state index in [-0.39, 0.29) is 5.91 Å². The fraction of sp³-hybridized carbons (Fsp3) is 0.214. The van der Waals surface area contributed by atoms with Crippen molar-refractivity contribution in [3.63, 3.8) is 0 Å². The lowest BCUT2D eigenvalue weighted by Crippen LogP contribution is -2.26. The predicted octanol–water partition coefficient (Wildman–Crippen LogP) is 1.88. The monoisotopic (exact) mass is 259 g/mol. The van der Waals surface area contributed by atoms with Crippen LogP contribution < -0.4 is 10.5 Å². The number of hydrogen-bond acceptors (Lipinski definition) is 3. The number of ether oxygens (including phenoxy) is 1. The number of nitrogens with two attached hydrogens (primary N) is 1. The molecule has 1 aromatic carbocycles. The third-order valence-corrected chi connectivity index (χ3v) is 2.88. The number of hydrogen-bond donors (Lipinski definition) is 2. The van der Waals surface area contributed by atoms with Crippen LogP contribution in [-0.4, -0.2) is 29.9 Å². The van der Waals surface area contributed by atoms with Gasteiger partial charge in [0.15, 0.2) is 0 Å². The first-order valence-corrected chi connectivity index (χ1v) is 5.93. The Morgan fingerprint density at radius 2 is 2.16 bits per heavy atom. The van der Waals surface area contributed by atoms with E-state index in [4.69, 9.17) is 10.5 Å². The van der Waals surface area contributed by atoms with E-state index in [0.717, 1.165) is 11.3 Å². The SMILES string of the molecule is COc1ccccc1CN(C)C(=O)c1cc(N)c[nH]1. The van der Waals surface area contributed by atoms with Gasteiger partial charge in [-0.05, 0) is 12.1 Å². The summed E-state index contributed by atoms with van der Waals surface area (Å²) in [6, 6.07) is 9.26. The molecule has 0 aliphatic carbocycles. The minimum atomic E-state index is -0.109. The average Bonchev–Trinajstić information content (AvgIpc) is 2.85. The number of aromatic nitrogens is 1. The summed E-state index contributed by atoms with van der Waals surface area (Å²) < 4.78 is 5.27. The molecule has 0 bridgehead atoms. The number of benzene rings is 1. The van der Waals surface area contributed by atoms with Gasteiger partial charge in [0.05, 0.1) is 7.11 Å². The molecule has 0 fully saturated rings. The number of para-hydroxylation sites is 1. The quantitative estimate of drug-likeness (QED) is 0.880. The van der Waals surface area contributed by atoms with Crippen LogP contribution in [0.3, 0.4) is 0 Å². The first kappa shape index (κ1) is 13.0. The highest BCUT2D eigenvalue weighted by Crippen LogP contribution is 2.19. The zero-order valence-corrected chi connectivity index (χ0v) is 11.0. The van der Waals surface area contributed by atoms with Crippen LogP contribution >= 0.6 is 0 Å². The van der Waals surface area contributed by atoms with Crippen LogP contribution in [0.15, 0.2) is 36.5 Å². The number of rotatable bonds is 4. The van der Waals surface area contributed by atoms with Crippen molar-refractivity contribution in [3.05, 3.63) is 47.8 Å². The van der Waals surface area contributed by atoms with Gasteiger partial charge in [0.25, 0.3) is 5.91 Å². The van der Waals surface area contributed by atoms with Crippen molar-refractivity contribution < 1.29 is 9.53 Å². The van der Waals surface area contributed by atoms with E-state index >= 15 is 0 Å². The molecule has 0 unspecified atom stereocenters. The molecule has 0 radical (unpaired) electrons. The summed E-state index contributed by atoms with van der Waals surface area (Å²) in [7, 11) is 3.36. The summed E-state index contributed by atoms with van der Waals surface area (Å²) in [4.78, 5) is 16.6. The number of nitrogen functional groups attached to an aromatic ring is 1. The molecule has 0 saturated heterocycles. The fourth-order valence-corrected chi connectivity index (χ4v) is 1.90. The minimum absolute atomic E-state index is 0.109. The lowest BCUT2D eigenvalue weighted by molar-refractivity contribution is 0.0779. The molecule has 2 aromatic rings. The van der Waals surface area contributed by atoms with Crippen LogP contribution in [0.1, 0.15) is 16.1 Å². The van der Waals surface area contributed by atoms with Crippen LogP contribution in [0.4, 0.5) is 5.69 Å². The Bertz CT molecular complexity index is 578. The van der Waals surface area contributed by atoms with E-state index in [1.165, 1.54) is 0 Å². The standard InChI is InChI=1S/C14H17N3O2/c1-17(14(18)12-7-11(15)8-16-12)9-10-5-3-4-6-13(10)19-2/h3-8,16H,9,15H2,1-2H3. The zero-order valence-electron chi connectivity index (χ0n) is 11.0. The minimum Gasteiger partial charge on any atom is -0.496 e. The molecule has 0 atom stereocenters. The molecular weight excluding hydrogens is 242 g/mol. The van der Waals surface area contributed by atoms with Crippen LogP contribution in [0.25, 0.3) is 0 Å². The highest BCUT2D eigenvalue weighted by atomic mass is 16.5. The van der Waals surface area contributed by atoms with Crippen molar-refractivity contribution in [3.8, 4) is 5.75 Å². The largest absolute Gasteiger partial charge is 0.496 e. The van der Waals surface area contributed by atoms with E-state index in [1.807, 2.05) is 24.3 Å². The Kier molecular flexibility index (Phi) is 3.75. The van der Waals surface area contributed by atoms with E-state index in [1.54, 1.807) is 31.3 Å². The molecule has 5 nitrogen and oxygen atoms in total. The van der Waals surface area contributed by atoms with Crippen molar-refractivity contribution in [2.75, 3.05) is 19.9 Å². The summed E-state index contributed by atoms with van der Waals surface area (Å²) in [6.45, 7) is 0.474. The Hall–Kier alpha value is -2.43. The molecule has 0 aliphatic heterocycles. The second-order valence-electron chi connectivity index (χ2n) is 4.32. The van der Waals surface area contributed by atoms with Crippen molar-refractivity contribution in [1.82, 2.24) is 9.88 Å². The second kappa shape index (κ2) is 5.48. The number of anilines is 1. The van der Waals surface area contributed by atoms with Gasteiger partial charge in [0, 0.05) is 31.0 Å².